The first-order chi connectivity index (χ1) is 12.2. The summed E-state index contributed by atoms with van der Waals surface area (Å²) in [6.45, 7) is 5.85. The third kappa shape index (κ3) is 2.97. The van der Waals surface area contributed by atoms with Gasteiger partial charge in [0.15, 0.2) is 0 Å². The number of nitrogens with one attached hydrogen (secondary N) is 1. The summed E-state index contributed by atoms with van der Waals surface area (Å²) < 4.78 is 2.24. The Kier molecular flexibility index (Phi) is 4.77. The second-order valence-electron chi connectivity index (χ2n) is 5.89. The van der Waals surface area contributed by atoms with E-state index in [2.05, 4.69) is 96.6 Å². The zero-order chi connectivity index (χ0) is 17.8. The lowest BCUT2D eigenvalue weighted by Crippen LogP contribution is -1.90. The van der Waals surface area contributed by atoms with E-state index in [0.29, 0.717) is 0 Å². The second kappa shape index (κ2) is 7.15. The minimum Gasteiger partial charge on any atom is -0.358 e. The summed E-state index contributed by atoms with van der Waals surface area (Å²) in [5.41, 5.74) is 6.14. The molecule has 25 heavy (non-hydrogen) atoms. The lowest BCUT2D eigenvalue weighted by atomic mass is 10.1. The lowest BCUT2D eigenvalue weighted by Gasteiger charge is -2.05. The zero-order valence-electron chi connectivity index (χ0n) is 14.9. The van der Waals surface area contributed by atoms with Crippen molar-refractivity contribution in [3.05, 3.63) is 72.1 Å². The molecule has 0 aliphatic carbocycles. The van der Waals surface area contributed by atoms with Crippen LogP contribution in [-0.2, 0) is 0 Å². The Morgan fingerprint density at radius 2 is 1.76 bits per heavy atom. The van der Waals surface area contributed by atoms with Crippen molar-refractivity contribution in [3.63, 3.8) is 0 Å². The molecule has 4 aromatic rings. The molecule has 0 saturated heterocycles. The summed E-state index contributed by atoms with van der Waals surface area (Å²) in [6.07, 6.45) is 11.0. The molecule has 2 nitrogen and oxygen atoms in total. The van der Waals surface area contributed by atoms with Gasteiger partial charge in [0.1, 0.15) is 0 Å². The number of aromatic nitrogens is 2. The van der Waals surface area contributed by atoms with E-state index in [-0.39, 0.29) is 0 Å². The Hall–Kier alpha value is -3.18. The van der Waals surface area contributed by atoms with Crippen LogP contribution in [0.4, 0.5) is 0 Å². The molecule has 0 spiro atoms. The van der Waals surface area contributed by atoms with Crippen molar-refractivity contribution in [2.24, 2.45) is 0 Å². The molecule has 0 radical (unpaired) electrons. The van der Waals surface area contributed by atoms with E-state index in [1.165, 1.54) is 38.8 Å². The molecule has 1 N–H and O–H groups in total. The first kappa shape index (κ1) is 16.7. The molecule has 0 aliphatic heterocycles. The van der Waals surface area contributed by atoms with Crippen LogP contribution in [0.3, 0.4) is 0 Å². The van der Waals surface area contributed by atoms with Gasteiger partial charge in [0.25, 0.3) is 0 Å². The van der Waals surface area contributed by atoms with E-state index < -0.39 is 0 Å². The predicted octanol–water partition coefficient (Wildman–Crippen LogP) is 6.09. The molecule has 0 fully saturated rings. The van der Waals surface area contributed by atoms with Crippen LogP contribution in [0.5, 0.6) is 0 Å². The molecule has 0 unspecified atom stereocenters. The van der Waals surface area contributed by atoms with Crippen LogP contribution < -0.4 is 0 Å². The van der Waals surface area contributed by atoms with E-state index in [9.17, 15) is 0 Å². The van der Waals surface area contributed by atoms with Crippen molar-refractivity contribution in [2.75, 3.05) is 0 Å². The molecule has 0 aliphatic rings. The molecule has 2 heterocycles. The van der Waals surface area contributed by atoms with Crippen LogP contribution >= 0.6 is 0 Å². The van der Waals surface area contributed by atoms with Crippen molar-refractivity contribution in [3.8, 4) is 18.0 Å². The fourth-order valence-corrected chi connectivity index (χ4v) is 3.23. The van der Waals surface area contributed by atoms with Gasteiger partial charge in [-0.05, 0) is 45.0 Å². The highest BCUT2D eigenvalue weighted by Crippen LogP contribution is 2.31. The van der Waals surface area contributed by atoms with Crippen LogP contribution in [-0.4, -0.2) is 9.55 Å². The highest BCUT2D eigenvalue weighted by atomic mass is 15.0. The first-order valence-electron chi connectivity index (χ1n) is 8.39. The number of aryl methyl sites for hydroxylation is 1. The van der Waals surface area contributed by atoms with Crippen molar-refractivity contribution in [2.45, 2.75) is 20.8 Å². The quantitative estimate of drug-likeness (QED) is 0.430. The Labute approximate surface area is 148 Å². The molecule has 0 amide bonds. The lowest BCUT2D eigenvalue weighted by molar-refractivity contribution is 1.13. The maximum atomic E-state index is 4.60. The third-order valence-electron chi connectivity index (χ3n) is 4.25. The van der Waals surface area contributed by atoms with Crippen molar-refractivity contribution in [1.29, 1.82) is 0 Å². The number of fused-ring (bicyclic) bond motifs is 3. The standard InChI is InChI=1S/C20H18N2.C3H4/c1-3-7-16-14(2)21-20-17(16)10-11-19-18(20)12-13-22(19)15-8-5-4-6-9-15;1-3-2/h3-13,21H,1-2H3;1H,2H3/b7-3-;. The van der Waals surface area contributed by atoms with Crippen molar-refractivity contribution < 1.29 is 0 Å². The Balaban J connectivity index is 0.000000569. The maximum absolute atomic E-state index is 4.60. The van der Waals surface area contributed by atoms with Gasteiger partial charge >= 0.3 is 0 Å². The van der Waals surface area contributed by atoms with Crippen LogP contribution in [0, 0.1) is 19.3 Å². The number of nitrogens with zero attached hydrogens (tertiary/aromatic N) is 1. The minimum absolute atomic E-state index is 1.19. The van der Waals surface area contributed by atoms with Gasteiger partial charge in [0.05, 0.1) is 11.0 Å². The SMILES string of the molecule is C#CC.C/C=C\c1c(C)[nH]c2c1ccc1c2ccn1-c1ccccc1. The average molecular weight is 326 g/mol. The number of rotatable bonds is 2. The van der Waals surface area contributed by atoms with Crippen LogP contribution in [0.2, 0.25) is 0 Å². The van der Waals surface area contributed by atoms with Gasteiger partial charge in [-0.15, -0.1) is 12.3 Å². The molecule has 2 heteroatoms. The fraction of sp³-hybridized carbons (Fsp3) is 0.130. The summed E-state index contributed by atoms with van der Waals surface area (Å²) in [5.74, 6) is 2.25. The van der Waals surface area contributed by atoms with Gasteiger partial charge in [-0.25, -0.2) is 0 Å². The van der Waals surface area contributed by atoms with Crippen molar-refractivity contribution >= 4 is 27.9 Å². The number of aromatic amines is 1. The van der Waals surface area contributed by atoms with Crippen LogP contribution in [0.15, 0.2) is 60.8 Å². The van der Waals surface area contributed by atoms with Gasteiger partial charge < -0.3 is 9.55 Å². The molecule has 4 rings (SSSR count). The number of benzene rings is 2. The van der Waals surface area contributed by atoms with Gasteiger partial charge in [0, 0.05) is 33.9 Å². The van der Waals surface area contributed by atoms with Crippen molar-refractivity contribution in [1.82, 2.24) is 9.55 Å². The third-order valence-corrected chi connectivity index (χ3v) is 4.25. The van der Waals surface area contributed by atoms with Crippen LogP contribution in [0.1, 0.15) is 25.1 Å². The van der Waals surface area contributed by atoms with Crippen LogP contribution in [0.25, 0.3) is 33.6 Å². The average Bonchev–Trinajstić information content (AvgIpc) is 3.18. The number of H-pyrrole nitrogens is 1. The second-order valence-corrected chi connectivity index (χ2v) is 5.89. The topological polar surface area (TPSA) is 20.7 Å². The van der Waals surface area contributed by atoms with Gasteiger partial charge in [-0.1, -0.05) is 36.4 Å². The monoisotopic (exact) mass is 326 g/mol. The van der Waals surface area contributed by atoms with Gasteiger partial charge in [0.2, 0.25) is 0 Å². The minimum atomic E-state index is 1.19. The zero-order valence-corrected chi connectivity index (χ0v) is 14.9. The normalized spacial score (nSPS) is 10.8. The number of para-hydroxylation sites is 1. The van der Waals surface area contributed by atoms with E-state index in [1.807, 2.05) is 6.07 Å². The smallest absolute Gasteiger partial charge is 0.0557 e. The summed E-state index contributed by atoms with van der Waals surface area (Å²) in [4.78, 5) is 3.56. The number of terminal acetylenes is 1. The summed E-state index contributed by atoms with van der Waals surface area (Å²) in [7, 11) is 0. The largest absolute Gasteiger partial charge is 0.358 e. The Morgan fingerprint density at radius 1 is 1.04 bits per heavy atom. The number of allylic oxidation sites excluding steroid dienone is 1. The highest BCUT2D eigenvalue weighted by molar-refractivity contribution is 6.08. The molecular weight excluding hydrogens is 304 g/mol. The molecular formula is C23H22N2. The molecule has 0 saturated carbocycles. The summed E-state index contributed by atoms with van der Waals surface area (Å²) in [5, 5.41) is 2.55. The van der Waals surface area contributed by atoms with E-state index in [4.69, 9.17) is 0 Å². The molecule has 0 atom stereocenters. The maximum Gasteiger partial charge on any atom is 0.0557 e. The molecule has 2 aromatic carbocycles. The highest BCUT2D eigenvalue weighted by Gasteiger charge is 2.11. The van der Waals surface area contributed by atoms with E-state index >= 15 is 0 Å². The Bertz CT molecular complexity index is 1070. The molecule has 124 valence electrons. The first-order valence-corrected chi connectivity index (χ1v) is 8.39. The van der Waals surface area contributed by atoms with E-state index in [1.54, 1.807) is 6.92 Å². The molecule has 2 aromatic heterocycles. The molecule has 0 bridgehead atoms. The van der Waals surface area contributed by atoms with Gasteiger partial charge in [-0.3, -0.25) is 0 Å². The summed E-state index contributed by atoms with van der Waals surface area (Å²) in [6, 6.07) is 17.1. The Morgan fingerprint density at radius 3 is 2.44 bits per heavy atom. The number of hydrogen-bond donors (Lipinski definition) is 1. The fourth-order valence-electron chi connectivity index (χ4n) is 3.23. The summed E-state index contributed by atoms with van der Waals surface area (Å²) >= 11 is 0. The predicted molar refractivity (Wildman–Crippen MR) is 109 cm³/mol. The number of hydrogen-bond acceptors (Lipinski definition) is 0. The van der Waals surface area contributed by atoms with Gasteiger partial charge in [-0.2, -0.15) is 0 Å². The van der Waals surface area contributed by atoms with E-state index in [0.717, 1.165) is 0 Å².